The van der Waals surface area contributed by atoms with Crippen LogP contribution in [0.5, 0.6) is 5.75 Å². The van der Waals surface area contributed by atoms with Gasteiger partial charge in [-0.1, -0.05) is 42.9 Å². The Morgan fingerprint density at radius 1 is 1.27 bits per heavy atom. The molecule has 2 rings (SSSR count). The number of imidazole rings is 1. The number of aromatic nitrogens is 2. The van der Waals surface area contributed by atoms with Crippen molar-refractivity contribution in [3.63, 3.8) is 0 Å². The molecule has 10 nitrogen and oxygen atoms in total. The second-order valence-electron chi connectivity index (χ2n) is 5.94. The molecule has 2 aromatic rings. The summed E-state index contributed by atoms with van der Waals surface area (Å²) < 4.78 is 39.3. The molecule has 0 atom stereocenters. The molecule has 0 amide bonds. The predicted molar refractivity (Wildman–Crippen MR) is 117 cm³/mol. The van der Waals surface area contributed by atoms with E-state index in [-0.39, 0.29) is 24.9 Å². The van der Waals surface area contributed by atoms with Gasteiger partial charge in [0, 0.05) is 23.7 Å². The van der Waals surface area contributed by atoms with Crippen molar-refractivity contribution >= 4 is 45.5 Å². The summed E-state index contributed by atoms with van der Waals surface area (Å²) in [6.45, 7) is 0.693. The molecule has 30 heavy (non-hydrogen) atoms. The van der Waals surface area contributed by atoms with Gasteiger partial charge >= 0.3 is 13.6 Å². The first-order valence-corrected chi connectivity index (χ1v) is 12.6. The number of rotatable bonds is 13. The van der Waals surface area contributed by atoms with Crippen molar-refractivity contribution in [1.29, 1.82) is 0 Å². The normalized spacial score (nSPS) is 11.6. The van der Waals surface area contributed by atoms with Crippen LogP contribution in [-0.4, -0.2) is 38.2 Å². The average Bonchev–Trinajstić information content (AvgIpc) is 3.09. The third-order valence-corrected chi connectivity index (χ3v) is 6.40. The Bertz CT molecular complexity index is 904. The van der Waals surface area contributed by atoms with Crippen molar-refractivity contribution in [2.75, 3.05) is 23.7 Å². The Hall–Kier alpha value is -1.37. The molecule has 0 saturated heterocycles. The van der Waals surface area contributed by atoms with Gasteiger partial charge in [0.05, 0.1) is 13.7 Å². The van der Waals surface area contributed by atoms with E-state index in [9.17, 15) is 19.1 Å². The largest absolute Gasteiger partial charge is 0.483 e. The molecule has 166 valence electrons. The molecule has 0 aliphatic rings. The molecule has 1 aromatic heterocycles. The second kappa shape index (κ2) is 11.9. The molecule has 0 spiro atoms. The standard InChI is InChI=1S/C16H21Br2FN5O5P/c1-23-13(9-20-16(23)24(25)26)11-28-15-3-2-12(8-14(15)19)10-29-30(27,21-6-4-17)22-7-5-18/h2-3,8-9H,4-7,10-11H2,1H3,(H2,21,22,27). The van der Waals surface area contributed by atoms with E-state index in [1.807, 2.05) is 0 Å². The summed E-state index contributed by atoms with van der Waals surface area (Å²) in [6.07, 6.45) is 1.30. The number of nitro groups is 1. The second-order valence-corrected chi connectivity index (χ2v) is 9.52. The third kappa shape index (κ3) is 7.10. The van der Waals surface area contributed by atoms with Gasteiger partial charge in [-0.2, -0.15) is 0 Å². The van der Waals surface area contributed by atoms with Crippen LogP contribution in [0.1, 0.15) is 11.3 Å². The topological polar surface area (TPSA) is 121 Å². The fourth-order valence-electron chi connectivity index (χ4n) is 2.33. The minimum absolute atomic E-state index is 0.0272. The lowest BCUT2D eigenvalue weighted by molar-refractivity contribution is -0.396. The van der Waals surface area contributed by atoms with Gasteiger partial charge in [0.1, 0.15) is 12.8 Å². The molecular formula is C16H21Br2FN5O5P. The van der Waals surface area contributed by atoms with Gasteiger partial charge in [-0.3, -0.25) is 4.57 Å². The summed E-state index contributed by atoms with van der Waals surface area (Å²) in [5.41, 5.74) is 0.891. The fourth-order valence-corrected chi connectivity index (χ4v) is 4.78. The van der Waals surface area contributed by atoms with Crippen LogP contribution in [0.25, 0.3) is 0 Å². The van der Waals surface area contributed by atoms with Crippen molar-refractivity contribution in [2.45, 2.75) is 13.2 Å². The monoisotopic (exact) mass is 571 g/mol. The molecule has 0 radical (unpaired) electrons. The molecule has 0 fully saturated rings. The number of alkyl halides is 2. The zero-order valence-corrected chi connectivity index (χ0v) is 20.1. The van der Waals surface area contributed by atoms with Crippen molar-refractivity contribution < 1.29 is 23.1 Å². The van der Waals surface area contributed by atoms with E-state index in [1.165, 1.54) is 29.9 Å². The third-order valence-electron chi connectivity index (χ3n) is 3.84. The minimum Gasteiger partial charge on any atom is -0.483 e. The maximum absolute atomic E-state index is 14.4. The van der Waals surface area contributed by atoms with Crippen LogP contribution in [-0.2, 0) is 29.4 Å². The first-order chi connectivity index (χ1) is 14.3. The van der Waals surface area contributed by atoms with Crippen LogP contribution in [0.4, 0.5) is 10.3 Å². The molecule has 0 unspecified atom stereocenters. The zero-order chi connectivity index (χ0) is 22.1. The number of nitrogens with one attached hydrogen (secondary N) is 2. The van der Waals surface area contributed by atoms with Crippen LogP contribution in [0.15, 0.2) is 24.4 Å². The Balaban J connectivity index is 1.99. The zero-order valence-electron chi connectivity index (χ0n) is 16.0. The number of halogens is 3. The Morgan fingerprint density at radius 2 is 1.93 bits per heavy atom. The molecule has 0 aliphatic carbocycles. The molecule has 0 saturated carbocycles. The first-order valence-electron chi connectivity index (χ1n) is 8.72. The summed E-state index contributed by atoms with van der Waals surface area (Å²) in [7, 11) is -1.81. The molecule has 14 heteroatoms. The van der Waals surface area contributed by atoms with E-state index in [2.05, 4.69) is 47.0 Å². The van der Waals surface area contributed by atoms with Gasteiger partial charge in [-0.25, -0.2) is 19.1 Å². The van der Waals surface area contributed by atoms with E-state index in [4.69, 9.17) is 9.26 Å². The molecule has 1 aromatic carbocycles. The maximum atomic E-state index is 14.4. The highest BCUT2D eigenvalue weighted by atomic mass is 79.9. The summed E-state index contributed by atoms with van der Waals surface area (Å²) in [6, 6.07) is 4.23. The van der Waals surface area contributed by atoms with Crippen molar-refractivity contribution in [1.82, 2.24) is 19.7 Å². The van der Waals surface area contributed by atoms with Crippen molar-refractivity contribution in [2.24, 2.45) is 7.05 Å². The number of nitrogens with zero attached hydrogens (tertiary/aromatic N) is 3. The molecule has 1 heterocycles. The van der Waals surface area contributed by atoms with Crippen LogP contribution in [0, 0.1) is 15.9 Å². The summed E-state index contributed by atoms with van der Waals surface area (Å²) in [5, 5.41) is 17.6. The lowest BCUT2D eigenvalue weighted by Crippen LogP contribution is -2.26. The van der Waals surface area contributed by atoms with Gasteiger partial charge in [-0.05, 0) is 22.6 Å². The number of hydrogen-bond acceptors (Lipinski definition) is 6. The Kier molecular flexibility index (Phi) is 9.85. The summed E-state index contributed by atoms with van der Waals surface area (Å²) >= 11 is 6.50. The van der Waals surface area contributed by atoms with Crippen molar-refractivity contribution in [3.8, 4) is 5.75 Å². The van der Waals surface area contributed by atoms with E-state index < -0.39 is 18.4 Å². The summed E-state index contributed by atoms with van der Waals surface area (Å²) in [5.74, 6) is -0.988. The van der Waals surface area contributed by atoms with Gasteiger partial charge < -0.3 is 19.4 Å². The van der Waals surface area contributed by atoms with Gasteiger partial charge in [-0.15, -0.1) is 0 Å². The highest BCUT2D eigenvalue weighted by Crippen LogP contribution is 2.38. The predicted octanol–water partition coefficient (Wildman–Crippen LogP) is 3.64. The highest BCUT2D eigenvalue weighted by Gasteiger charge is 2.22. The SMILES string of the molecule is Cn1c(COc2ccc(COP(=O)(NCCBr)NCCBr)cc2F)cnc1[N+](=O)[O-]. The van der Waals surface area contributed by atoms with Crippen LogP contribution < -0.4 is 14.9 Å². The lowest BCUT2D eigenvalue weighted by atomic mass is 10.2. The van der Waals surface area contributed by atoms with Gasteiger partial charge in [0.15, 0.2) is 17.3 Å². The van der Waals surface area contributed by atoms with E-state index in [1.54, 1.807) is 6.07 Å². The highest BCUT2D eigenvalue weighted by molar-refractivity contribution is 9.09. The number of benzene rings is 1. The van der Waals surface area contributed by atoms with E-state index >= 15 is 0 Å². The molecule has 0 aliphatic heterocycles. The van der Waals surface area contributed by atoms with E-state index in [0.717, 1.165) is 0 Å². The average molecular weight is 573 g/mol. The van der Waals surface area contributed by atoms with Crippen LogP contribution in [0.3, 0.4) is 0 Å². The van der Waals surface area contributed by atoms with Gasteiger partial charge in [0.25, 0.3) is 0 Å². The fraction of sp³-hybridized carbons (Fsp3) is 0.438. The van der Waals surface area contributed by atoms with Crippen LogP contribution in [0.2, 0.25) is 0 Å². The Morgan fingerprint density at radius 3 is 2.47 bits per heavy atom. The number of hydrogen-bond donors (Lipinski definition) is 2. The molecule has 2 N–H and O–H groups in total. The van der Waals surface area contributed by atoms with Crippen molar-refractivity contribution in [3.05, 3.63) is 51.6 Å². The van der Waals surface area contributed by atoms with E-state index in [0.29, 0.717) is 35.0 Å². The summed E-state index contributed by atoms with van der Waals surface area (Å²) in [4.78, 5) is 13.9. The maximum Gasteiger partial charge on any atom is 0.434 e. The lowest BCUT2D eigenvalue weighted by Gasteiger charge is -2.20. The first kappa shape index (κ1) is 24.9. The minimum atomic E-state index is -3.29. The quantitative estimate of drug-likeness (QED) is 0.161. The molecule has 0 bridgehead atoms. The van der Waals surface area contributed by atoms with Crippen LogP contribution >= 0.6 is 39.5 Å². The number of ether oxygens (including phenoxy) is 1. The smallest absolute Gasteiger partial charge is 0.434 e. The molecular weight excluding hydrogens is 552 g/mol. The van der Waals surface area contributed by atoms with Gasteiger partial charge in [0.2, 0.25) is 0 Å². The Labute approximate surface area is 189 Å².